The van der Waals surface area contributed by atoms with Crippen molar-refractivity contribution in [2.45, 2.75) is 13.0 Å². The van der Waals surface area contributed by atoms with E-state index in [1.54, 1.807) is 50.4 Å². The van der Waals surface area contributed by atoms with Gasteiger partial charge >= 0.3 is 6.03 Å². The van der Waals surface area contributed by atoms with Crippen molar-refractivity contribution < 1.29 is 19.4 Å². The van der Waals surface area contributed by atoms with Crippen LogP contribution in [0.15, 0.2) is 59.8 Å². The molecule has 1 aliphatic heterocycles. The maximum Gasteiger partial charge on any atom is 0.319 e. The van der Waals surface area contributed by atoms with E-state index in [4.69, 9.17) is 4.74 Å². The van der Waals surface area contributed by atoms with Crippen molar-refractivity contribution in [1.29, 1.82) is 0 Å². The van der Waals surface area contributed by atoms with E-state index < -0.39 is 12.1 Å². The van der Waals surface area contributed by atoms with Gasteiger partial charge in [-0.05, 0) is 36.8 Å². The lowest BCUT2D eigenvalue weighted by atomic mass is 9.94. The van der Waals surface area contributed by atoms with Gasteiger partial charge in [-0.2, -0.15) is 0 Å². The standard InChI is InChI=1S/C19H19N3O4/c1-11-16(18(24)21-13-4-3-5-15(10-13)26-2)17(22-19(25)20-11)12-6-8-14(23)9-7-12/h3-10,17,23H,1-2H3,(H,21,24)(H2,20,22,25)/t17-/m1/s1. The molecule has 26 heavy (non-hydrogen) atoms. The topological polar surface area (TPSA) is 99.7 Å². The van der Waals surface area contributed by atoms with E-state index in [2.05, 4.69) is 16.0 Å². The number of phenols is 1. The molecule has 1 aliphatic rings. The fraction of sp³-hybridized carbons (Fsp3) is 0.158. The molecule has 4 N–H and O–H groups in total. The minimum atomic E-state index is -0.630. The van der Waals surface area contributed by atoms with Gasteiger partial charge < -0.3 is 25.8 Å². The highest BCUT2D eigenvalue weighted by atomic mass is 16.5. The van der Waals surface area contributed by atoms with Gasteiger partial charge in [-0.25, -0.2) is 4.79 Å². The van der Waals surface area contributed by atoms with Crippen LogP contribution in [0.4, 0.5) is 10.5 Å². The van der Waals surface area contributed by atoms with E-state index in [0.717, 1.165) is 0 Å². The number of anilines is 1. The van der Waals surface area contributed by atoms with Gasteiger partial charge in [0, 0.05) is 17.5 Å². The Balaban J connectivity index is 1.92. The number of carbonyl (C=O) groups excluding carboxylic acids is 2. The fourth-order valence-corrected chi connectivity index (χ4v) is 2.81. The van der Waals surface area contributed by atoms with Crippen LogP contribution >= 0.6 is 0 Å². The number of benzene rings is 2. The molecule has 2 aromatic rings. The van der Waals surface area contributed by atoms with Crippen LogP contribution in [0.5, 0.6) is 11.5 Å². The zero-order valence-corrected chi connectivity index (χ0v) is 14.4. The number of carbonyl (C=O) groups is 2. The van der Waals surface area contributed by atoms with Gasteiger partial charge in [-0.1, -0.05) is 18.2 Å². The molecule has 0 unspecified atom stereocenters. The maximum absolute atomic E-state index is 12.9. The summed E-state index contributed by atoms with van der Waals surface area (Å²) in [4.78, 5) is 24.8. The second kappa shape index (κ2) is 7.18. The van der Waals surface area contributed by atoms with Crippen molar-refractivity contribution in [1.82, 2.24) is 10.6 Å². The Morgan fingerprint density at radius 2 is 1.92 bits per heavy atom. The lowest BCUT2D eigenvalue weighted by Gasteiger charge is -2.28. The lowest BCUT2D eigenvalue weighted by molar-refractivity contribution is -0.113. The van der Waals surface area contributed by atoms with Crippen molar-refractivity contribution >= 4 is 17.6 Å². The molecule has 0 bridgehead atoms. The molecule has 3 amide bonds. The molecular formula is C19H19N3O4. The van der Waals surface area contributed by atoms with Crippen LogP contribution in [0.1, 0.15) is 18.5 Å². The molecule has 7 nitrogen and oxygen atoms in total. The summed E-state index contributed by atoms with van der Waals surface area (Å²) in [5, 5.41) is 17.7. The summed E-state index contributed by atoms with van der Waals surface area (Å²) in [6.45, 7) is 1.67. The fourth-order valence-electron chi connectivity index (χ4n) is 2.81. The third-order valence-electron chi connectivity index (χ3n) is 4.07. The lowest BCUT2D eigenvalue weighted by Crippen LogP contribution is -2.45. The van der Waals surface area contributed by atoms with Gasteiger partial charge in [0.05, 0.1) is 18.7 Å². The highest BCUT2D eigenvalue weighted by Crippen LogP contribution is 2.29. The van der Waals surface area contributed by atoms with E-state index in [9.17, 15) is 14.7 Å². The van der Waals surface area contributed by atoms with Crippen LogP contribution in [0.2, 0.25) is 0 Å². The van der Waals surface area contributed by atoms with Gasteiger partial charge in [0.2, 0.25) is 0 Å². The molecule has 1 atom stereocenters. The highest BCUT2D eigenvalue weighted by Gasteiger charge is 2.31. The van der Waals surface area contributed by atoms with Gasteiger partial charge in [0.1, 0.15) is 11.5 Å². The molecule has 0 fully saturated rings. The first-order chi connectivity index (χ1) is 12.5. The number of hydrogen-bond acceptors (Lipinski definition) is 4. The van der Waals surface area contributed by atoms with Crippen molar-refractivity contribution in [2.75, 3.05) is 12.4 Å². The number of hydrogen-bond donors (Lipinski definition) is 4. The normalized spacial score (nSPS) is 16.5. The Kier molecular flexibility index (Phi) is 4.79. The van der Waals surface area contributed by atoms with Crippen LogP contribution in [0.3, 0.4) is 0 Å². The molecule has 0 aromatic heterocycles. The Morgan fingerprint density at radius 1 is 1.19 bits per heavy atom. The number of methoxy groups -OCH3 is 1. The smallest absolute Gasteiger partial charge is 0.319 e. The minimum Gasteiger partial charge on any atom is -0.508 e. The Bertz CT molecular complexity index is 875. The van der Waals surface area contributed by atoms with Crippen LogP contribution in [0, 0.1) is 0 Å². The van der Waals surface area contributed by atoms with Crippen LogP contribution < -0.4 is 20.7 Å². The third-order valence-corrected chi connectivity index (χ3v) is 4.07. The molecule has 0 saturated carbocycles. The second-order valence-electron chi connectivity index (χ2n) is 5.85. The molecule has 2 aromatic carbocycles. The predicted octanol–water partition coefficient (Wildman–Crippen LogP) is 2.67. The number of amides is 3. The first kappa shape index (κ1) is 17.3. The summed E-state index contributed by atoms with van der Waals surface area (Å²) in [6.07, 6.45) is 0. The zero-order valence-electron chi connectivity index (χ0n) is 14.4. The number of allylic oxidation sites excluding steroid dienone is 1. The van der Waals surface area contributed by atoms with Crippen molar-refractivity contribution in [3.05, 3.63) is 65.4 Å². The summed E-state index contributed by atoms with van der Waals surface area (Å²) in [5.41, 5.74) is 2.12. The number of aromatic hydroxyl groups is 1. The first-order valence-electron chi connectivity index (χ1n) is 8.00. The Hall–Kier alpha value is -3.48. The number of rotatable bonds is 4. The van der Waals surface area contributed by atoms with Gasteiger partial charge in [-0.3, -0.25) is 4.79 Å². The second-order valence-corrected chi connectivity index (χ2v) is 5.85. The number of ether oxygens (including phenoxy) is 1. The highest BCUT2D eigenvalue weighted by molar-refractivity contribution is 6.06. The van der Waals surface area contributed by atoms with E-state index in [1.165, 1.54) is 12.1 Å². The minimum absolute atomic E-state index is 0.108. The molecule has 1 heterocycles. The van der Waals surface area contributed by atoms with Crippen molar-refractivity contribution in [2.24, 2.45) is 0 Å². The Labute approximate surface area is 150 Å². The molecule has 134 valence electrons. The average Bonchev–Trinajstić information content (AvgIpc) is 2.61. The largest absolute Gasteiger partial charge is 0.508 e. The molecular weight excluding hydrogens is 334 g/mol. The van der Waals surface area contributed by atoms with E-state index in [-0.39, 0.29) is 11.7 Å². The van der Waals surface area contributed by atoms with Gasteiger partial charge in [0.15, 0.2) is 0 Å². The van der Waals surface area contributed by atoms with E-state index in [0.29, 0.717) is 28.3 Å². The van der Waals surface area contributed by atoms with Crippen LogP contribution in [-0.2, 0) is 4.79 Å². The van der Waals surface area contributed by atoms with Crippen LogP contribution in [0.25, 0.3) is 0 Å². The summed E-state index contributed by atoms with van der Waals surface area (Å²) in [5.74, 6) is 0.386. The molecule has 0 radical (unpaired) electrons. The number of nitrogens with one attached hydrogen (secondary N) is 3. The monoisotopic (exact) mass is 353 g/mol. The maximum atomic E-state index is 12.9. The number of urea groups is 1. The average molecular weight is 353 g/mol. The van der Waals surface area contributed by atoms with E-state index >= 15 is 0 Å². The molecule has 0 saturated heterocycles. The molecule has 0 aliphatic carbocycles. The molecule has 3 rings (SSSR count). The van der Waals surface area contributed by atoms with Gasteiger partial charge in [-0.15, -0.1) is 0 Å². The third kappa shape index (κ3) is 3.61. The SMILES string of the molecule is COc1cccc(NC(=O)C2=C(C)NC(=O)N[C@@H]2c2ccc(O)cc2)c1. The summed E-state index contributed by atoms with van der Waals surface area (Å²) in [7, 11) is 1.55. The molecule has 7 heteroatoms. The number of phenolic OH excluding ortho intramolecular Hbond substituents is 1. The summed E-state index contributed by atoms with van der Waals surface area (Å²) in [6, 6.07) is 12.3. The van der Waals surface area contributed by atoms with Gasteiger partial charge in [0.25, 0.3) is 5.91 Å². The van der Waals surface area contributed by atoms with E-state index in [1.807, 2.05) is 0 Å². The van der Waals surface area contributed by atoms with Crippen LogP contribution in [-0.4, -0.2) is 24.2 Å². The van der Waals surface area contributed by atoms with Crippen molar-refractivity contribution in [3.63, 3.8) is 0 Å². The predicted molar refractivity (Wildman–Crippen MR) is 96.8 cm³/mol. The molecule has 0 spiro atoms. The Morgan fingerprint density at radius 3 is 2.62 bits per heavy atom. The quantitative estimate of drug-likeness (QED) is 0.679. The zero-order chi connectivity index (χ0) is 18.7. The first-order valence-corrected chi connectivity index (χ1v) is 8.00. The summed E-state index contributed by atoms with van der Waals surface area (Å²) < 4.78 is 5.16. The summed E-state index contributed by atoms with van der Waals surface area (Å²) >= 11 is 0. The van der Waals surface area contributed by atoms with Crippen molar-refractivity contribution in [3.8, 4) is 11.5 Å².